The van der Waals surface area contributed by atoms with E-state index in [0.29, 0.717) is 0 Å². The Morgan fingerprint density at radius 2 is 1.11 bits per heavy atom. The van der Waals surface area contributed by atoms with Crippen molar-refractivity contribution in [3.63, 3.8) is 0 Å². The van der Waals surface area contributed by atoms with E-state index in [1.54, 1.807) is 0 Å². The third kappa shape index (κ3) is 2.62. The predicted octanol–water partition coefficient (Wildman–Crippen LogP) is 8.25. The molecular weight excluding hydrogens is 895 g/mol. The Hall–Kier alpha value is 4.80. The van der Waals surface area contributed by atoms with Crippen LogP contribution >= 0.6 is 159 Å². The zero-order valence-corrected chi connectivity index (χ0v) is 24.4. The van der Waals surface area contributed by atoms with Gasteiger partial charge in [-0.05, 0) is 6.42 Å². The number of alkyl halides is 10. The van der Waals surface area contributed by atoms with Crippen LogP contribution in [0.4, 0.5) is 0 Å². The van der Waals surface area contributed by atoms with Gasteiger partial charge in [-0.15, -0.1) is 0 Å². The van der Waals surface area contributed by atoms with Gasteiger partial charge >= 0.3 is 0 Å². The minimum Gasteiger partial charge on any atom is -0.0849 e. The van der Waals surface area contributed by atoms with E-state index in [2.05, 4.69) is 166 Å². The number of hydrogen-bond acceptors (Lipinski definition) is 0. The van der Waals surface area contributed by atoms with Crippen LogP contribution < -0.4 is 0 Å². The van der Waals surface area contributed by atoms with Crippen molar-refractivity contribution in [3.8, 4) is 0 Å². The zero-order valence-electron chi connectivity index (χ0n) is 8.56. The highest BCUT2D eigenvalue weighted by Gasteiger charge is 2.78. The predicted molar refractivity (Wildman–Crippen MR) is 117 cm³/mol. The Labute approximate surface area is 191 Å². The molecule has 1 rings (SSSR count). The molecule has 0 aliphatic heterocycles. The van der Waals surface area contributed by atoms with Gasteiger partial charge in [0.05, 0.1) is 9.15 Å². The minimum atomic E-state index is -0.559. The largest absolute Gasteiger partial charge is 0.134 e. The van der Waals surface area contributed by atoms with Gasteiger partial charge in [0.1, 0.15) is 12.9 Å². The van der Waals surface area contributed by atoms with Crippen LogP contribution in [0.25, 0.3) is 0 Å². The molecule has 108 valence electrons. The molecule has 0 bridgehead atoms. The fourth-order valence-corrected chi connectivity index (χ4v) is 13.2. The number of rotatable bonds is 1. The van der Waals surface area contributed by atoms with Crippen LogP contribution in [0.5, 0.6) is 0 Å². The van der Waals surface area contributed by atoms with E-state index in [0.717, 1.165) is 6.42 Å². The molecule has 0 saturated heterocycles. The summed E-state index contributed by atoms with van der Waals surface area (Å²) in [5, 5.41) is 0. The fourth-order valence-electron chi connectivity index (χ4n) is 1.67. The standard InChI is InChI=1S/C8H6Br10/c1-2-4(10)3(9)5(11,12)7(15,16)8(17,18)6(4,13)14/h3H,2H2,1H3. The molecule has 0 spiro atoms. The van der Waals surface area contributed by atoms with Crippen molar-refractivity contribution >= 4 is 159 Å². The summed E-state index contributed by atoms with van der Waals surface area (Å²) in [4.78, 5) is 0.0447. The van der Waals surface area contributed by atoms with Gasteiger partial charge < -0.3 is 0 Å². The Kier molecular flexibility index (Phi) is 7.25. The maximum absolute atomic E-state index is 3.88. The quantitative estimate of drug-likeness (QED) is 0.233. The molecule has 0 aromatic rings. The molecule has 1 saturated carbocycles. The summed E-state index contributed by atoms with van der Waals surface area (Å²) < 4.78 is -2.35. The molecule has 0 radical (unpaired) electrons. The third-order valence-electron chi connectivity index (χ3n) is 2.96. The Morgan fingerprint density at radius 1 is 0.722 bits per heavy atom. The fraction of sp³-hybridized carbons (Fsp3) is 1.00. The second kappa shape index (κ2) is 6.26. The molecule has 0 N–H and O–H groups in total. The average Bonchev–Trinajstić information content (AvgIpc) is 2.24. The lowest BCUT2D eigenvalue weighted by Crippen LogP contribution is -2.74. The van der Waals surface area contributed by atoms with Gasteiger partial charge in [-0.2, -0.15) is 0 Å². The van der Waals surface area contributed by atoms with Crippen LogP contribution in [0.3, 0.4) is 0 Å². The Balaban J connectivity index is 3.60. The van der Waals surface area contributed by atoms with Gasteiger partial charge in [0.25, 0.3) is 0 Å². The molecule has 0 aromatic heterocycles. The van der Waals surface area contributed by atoms with Gasteiger partial charge in [0.15, 0.2) is 0 Å². The monoisotopic (exact) mass is 891 g/mol. The van der Waals surface area contributed by atoms with Crippen molar-refractivity contribution in [1.29, 1.82) is 0 Å². The van der Waals surface area contributed by atoms with Crippen LogP contribution in [0.1, 0.15) is 13.3 Å². The van der Waals surface area contributed by atoms with Gasteiger partial charge in [-0.3, -0.25) is 0 Å². The molecule has 1 aliphatic rings. The maximum atomic E-state index is 3.88. The lowest BCUT2D eigenvalue weighted by molar-refractivity contribution is 0.410. The molecule has 0 amide bonds. The minimum absolute atomic E-state index is 0.0447. The highest BCUT2D eigenvalue weighted by Crippen LogP contribution is 2.77. The molecule has 0 aromatic carbocycles. The lowest BCUT2D eigenvalue weighted by Gasteiger charge is -2.63. The van der Waals surface area contributed by atoms with E-state index in [1.165, 1.54) is 0 Å². The summed E-state index contributed by atoms with van der Waals surface area (Å²) in [6.07, 6.45) is 0.882. The van der Waals surface area contributed by atoms with Crippen molar-refractivity contribution in [2.24, 2.45) is 0 Å². The van der Waals surface area contributed by atoms with Crippen molar-refractivity contribution in [3.05, 3.63) is 0 Å². The van der Waals surface area contributed by atoms with Crippen molar-refractivity contribution in [2.45, 2.75) is 35.4 Å². The smallest absolute Gasteiger partial charge is 0.0849 e. The van der Waals surface area contributed by atoms with Crippen molar-refractivity contribution in [1.82, 2.24) is 0 Å². The first-order chi connectivity index (χ1) is 7.72. The first-order valence-electron chi connectivity index (χ1n) is 4.56. The van der Waals surface area contributed by atoms with Crippen LogP contribution in [0, 0.1) is 0 Å². The average molecular weight is 901 g/mol. The zero-order chi connectivity index (χ0) is 14.8. The normalized spacial score (nSPS) is 40.5. The molecular formula is C8H6Br10. The second-order valence-electron chi connectivity index (χ2n) is 3.92. The summed E-state index contributed by atoms with van der Waals surface area (Å²) >= 11 is 37.9. The van der Waals surface area contributed by atoms with Crippen LogP contribution in [0.2, 0.25) is 0 Å². The van der Waals surface area contributed by atoms with Crippen LogP contribution in [0.15, 0.2) is 0 Å². The summed E-state index contributed by atoms with van der Waals surface area (Å²) in [5.74, 6) is 0. The number of halogens is 10. The second-order valence-corrected chi connectivity index (χ2v) is 20.2. The highest BCUT2D eigenvalue weighted by atomic mass is 79.9. The molecule has 0 nitrogen and oxygen atoms in total. The molecule has 0 heterocycles. The summed E-state index contributed by atoms with van der Waals surface area (Å²) in [7, 11) is 0. The first-order valence-corrected chi connectivity index (χ1v) is 12.6. The van der Waals surface area contributed by atoms with E-state index < -0.39 is 12.9 Å². The molecule has 2 unspecified atom stereocenters. The van der Waals surface area contributed by atoms with Crippen LogP contribution in [-0.2, 0) is 0 Å². The van der Waals surface area contributed by atoms with Gasteiger partial charge in [0.2, 0.25) is 0 Å². The third-order valence-corrected chi connectivity index (χ3v) is 24.9. The van der Waals surface area contributed by atoms with E-state index >= 15 is 0 Å². The van der Waals surface area contributed by atoms with Crippen molar-refractivity contribution < 1.29 is 0 Å². The SMILES string of the molecule is CCC1(Br)C(Br)C(Br)(Br)C(Br)(Br)C(Br)(Br)C1(Br)Br. The topological polar surface area (TPSA) is 0 Å². The van der Waals surface area contributed by atoms with Gasteiger partial charge in [-0.1, -0.05) is 166 Å². The van der Waals surface area contributed by atoms with E-state index in [9.17, 15) is 0 Å². The molecule has 10 heteroatoms. The molecule has 1 aliphatic carbocycles. The van der Waals surface area contributed by atoms with Crippen LogP contribution in [-0.4, -0.2) is 22.1 Å². The number of hydrogen-bond donors (Lipinski definition) is 0. The van der Waals surface area contributed by atoms with Gasteiger partial charge in [-0.25, -0.2) is 0 Å². The first kappa shape index (κ1) is 20.8. The summed E-state index contributed by atoms with van der Waals surface area (Å²) in [6, 6.07) is 0. The lowest BCUT2D eigenvalue weighted by atomic mass is 9.86. The van der Waals surface area contributed by atoms with E-state index in [4.69, 9.17) is 0 Å². The molecule has 18 heavy (non-hydrogen) atoms. The maximum Gasteiger partial charge on any atom is 0.134 e. The Bertz CT molecular complexity index is 332. The summed E-state index contributed by atoms with van der Waals surface area (Å²) in [5.41, 5.74) is 0. The summed E-state index contributed by atoms with van der Waals surface area (Å²) in [6.45, 7) is 2.13. The van der Waals surface area contributed by atoms with Crippen molar-refractivity contribution in [2.75, 3.05) is 0 Å². The van der Waals surface area contributed by atoms with Gasteiger partial charge in [0, 0.05) is 0 Å². The van der Waals surface area contributed by atoms with E-state index in [-0.39, 0.29) is 9.15 Å². The Morgan fingerprint density at radius 3 is 1.44 bits per heavy atom. The molecule has 2 atom stereocenters. The molecule has 1 fully saturated rings. The highest BCUT2D eigenvalue weighted by molar-refractivity contribution is 9.35. The van der Waals surface area contributed by atoms with E-state index in [1.807, 2.05) is 0 Å².